The number of non-ortho nitro benzene ring substituents is 1. The number of fused-ring (bicyclic) bond motifs is 1. The lowest BCUT2D eigenvalue weighted by atomic mass is 10.2. The van der Waals surface area contributed by atoms with Gasteiger partial charge in [-0.25, -0.2) is 4.63 Å². The first-order chi connectivity index (χ1) is 13.6. The van der Waals surface area contributed by atoms with Crippen LogP contribution in [-0.4, -0.2) is 46.7 Å². The normalized spacial score (nSPS) is 14.1. The first-order valence-corrected chi connectivity index (χ1v) is 8.93. The molecule has 10 nitrogen and oxygen atoms in total. The van der Waals surface area contributed by atoms with Crippen molar-refractivity contribution >= 4 is 51.1 Å². The van der Waals surface area contributed by atoms with E-state index < -0.39 is 4.92 Å². The first kappa shape index (κ1) is 18.1. The lowest BCUT2D eigenvalue weighted by Gasteiger charge is -2.28. The van der Waals surface area contributed by atoms with Crippen LogP contribution in [0.3, 0.4) is 0 Å². The summed E-state index contributed by atoms with van der Waals surface area (Å²) in [4.78, 5) is 12.6. The minimum Gasteiger partial charge on any atom is -0.378 e. The fraction of sp³-hybridized carbons (Fsp3) is 0.235. The third-order valence-electron chi connectivity index (χ3n) is 4.31. The molecule has 1 aliphatic rings. The van der Waals surface area contributed by atoms with Gasteiger partial charge in [-0.3, -0.25) is 10.1 Å². The Balaban J connectivity index is 1.53. The minimum atomic E-state index is -0.462. The molecule has 1 aliphatic heterocycles. The smallest absolute Gasteiger partial charge is 0.271 e. The highest BCUT2D eigenvalue weighted by Gasteiger charge is 2.19. The monoisotopic (exact) mass is 400 g/mol. The van der Waals surface area contributed by atoms with Crippen LogP contribution in [0.15, 0.2) is 41.0 Å². The Morgan fingerprint density at radius 3 is 2.71 bits per heavy atom. The van der Waals surface area contributed by atoms with Crippen molar-refractivity contribution in [3.8, 4) is 0 Å². The highest BCUT2D eigenvalue weighted by Crippen LogP contribution is 2.30. The molecule has 0 saturated carbocycles. The van der Waals surface area contributed by atoms with E-state index in [0.717, 1.165) is 18.8 Å². The molecule has 2 N–H and O–H groups in total. The molecule has 0 spiro atoms. The van der Waals surface area contributed by atoms with Gasteiger partial charge in [0.15, 0.2) is 16.1 Å². The van der Waals surface area contributed by atoms with Gasteiger partial charge in [0, 0.05) is 30.9 Å². The summed E-state index contributed by atoms with van der Waals surface area (Å²) < 4.78 is 10.3. The summed E-state index contributed by atoms with van der Waals surface area (Å²) in [6.07, 6.45) is 0. The number of nitrogens with one attached hydrogen (secondary N) is 2. The van der Waals surface area contributed by atoms with Crippen molar-refractivity contribution < 1.29 is 14.3 Å². The Bertz CT molecular complexity index is 1030. The predicted molar refractivity (Wildman–Crippen MR) is 108 cm³/mol. The number of nitro benzene ring substituents is 1. The Morgan fingerprint density at radius 1 is 1.14 bits per heavy atom. The van der Waals surface area contributed by atoms with E-state index in [-0.39, 0.29) is 10.8 Å². The predicted octanol–water partition coefficient (Wildman–Crippen LogP) is 2.78. The number of ether oxygens (including phenoxy) is 1. The summed E-state index contributed by atoms with van der Waals surface area (Å²) in [5.41, 5.74) is 3.20. The van der Waals surface area contributed by atoms with Gasteiger partial charge in [0.2, 0.25) is 0 Å². The number of anilines is 3. The van der Waals surface area contributed by atoms with Crippen molar-refractivity contribution in [1.29, 1.82) is 0 Å². The summed E-state index contributed by atoms with van der Waals surface area (Å²) in [7, 11) is 0. The number of nitrogens with zero attached hydrogens (tertiary/aromatic N) is 4. The molecule has 1 aromatic heterocycles. The summed E-state index contributed by atoms with van der Waals surface area (Å²) >= 11 is 5.32. The quantitative estimate of drug-likeness (QED) is 0.384. The highest BCUT2D eigenvalue weighted by molar-refractivity contribution is 7.80. The lowest BCUT2D eigenvalue weighted by Crippen LogP contribution is -2.36. The maximum absolute atomic E-state index is 10.9. The third kappa shape index (κ3) is 3.70. The molecule has 0 atom stereocenters. The second-order valence-corrected chi connectivity index (χ2v) is 6.49. The zero-order chi connectivity index (χ0) is 19.5. The van der Waals surface area contributed by atoms with Crippen LogP contribution in [0.25, 0.3) is 11.0 Å². The van der Waals surface area contributed by atoms with Crippen molar-refractivity contribution in [2.24, 2.45) is 0 Å². The molecule has 1 saturated heterocycles. The van der Waals surface area contributed by atoms with Crippen molar-refractivity contribution in [2.45, 2.75) is 0 Å². The summed E-state index contributed by atoms with van der Waals surface area (Å²) in [6, 6.07) is 9.87. The number of aromatic nitrogens is 2. The van der Waals surface area contributed by atoms with Crippen LogP contribution in [0.2, 0.25) is 0 Å². The van der Waals surface area contributed by atoms with Crippen molar-refractivity contribution in [3.63, 3.8) is 0 Å². The van der Waals surface area contributed by atoms with E-state index in [9.17, 15) is 10.1 Å². The molecule has 144 valence electrons. The average Bonchev–Trinajstić information content (AvgIpc) is 3.19. The molecule has 28 heavy (non-hydrogen) atoms. The van der Waals surface area contributed by atoms with Gasteiger partial charge in [0.25, 0.3) is 5.69 Å². The van der Waals surface area contributed by atoms with Gasteiger partial charge >= 0.3 is 0 Å². The van der Waals surface area contributed by atoms with E-state index in [0.29, 0.717) is 35.6 Å². The molecule has 0 aliphatic carbocycles. The second-order valence-electron chi connectivity index (χ2n) is 6.08. The number of nitro groups is 1. The highest BCUT2D eigenvalue weighted by atomic mass is 32.1. The van der Waals surface area contributed by atoms with Gasteiger partial charge in [0.1, 0.15) is 0 Å². The molecular weight excluding hydrogens is 384 g/mol. The molecular formula is C17H16N6O4S. The average molecular weight is 400 g/mol. The van der Waals surface area contributed by atoms with Crippen LogP contribution in [-0.2, 0) is 4.74 Å². The molecule has 0 amide bonds. The van der Waals surface area contributed by atoms with Gasteiger partial charge in [-0.15, -0.1) is 0 Å². The van der Waals surface area contributed by atoms with Gasteiger partial charge < -0.3 is 20.3 Å². The Morgan fingerprint density at radius 2 is 1.93 bits per heavy atom. The zero-order valence-electron chi connectivity index (χ0n) is 14.6. The lowest BCUT2D eigenvalue weighted by molar-refractivity contribution is -0.384. The molecule has 0 unspecified atom stereocenters. The second kappa shape index (κ2) is 7.74. The Labute approximate surface area is 164 Å². The maximum atomic E-state index is 10.9. The van der Waals surface area contributed by atoms with Crippen molar-refractivity contribution in [2.75, 3.05) is 41.8 Å². The Kier molecular flexibility index (Phi) is 5.00. The van der Waals surface area contributed by atoms with E-state index >= 15 is 0 Å². The molecule has 1 fully saturated rings. The molecule has 3 aromatic rings. The number of rotatable bonds is 4. The van der Waals surface area contributed by atoms with Crippen LogP contribution in [0.5, 0.6) is 0 Å². The molecule has 2 heterocycles. The molecule has 0 radical (unpaired) electrons. The summed E-state index contributed by atoms with van der Waals surface area (Å²) in [6.45, 7) is 2.84. The number of thiocarbonyl (C=S) groups is 1. The maximum Gasteiger partial charge on any atom is 0.271 e. The number of hydrogen-bond acceptors (Lipinski definition) is 8. The van der Waals surface area contributed by atoms with E-state index in [4.69, 9.17) is 21.6 Å². The van der Waals surface area contributed by atoms with Gasteiger partial charge in [-0.1, -0.05) is 6.07 Å². The number of morpholine rings is 1. The van der Waals surface area contributed by atoms with E-state index in [1.54, 1.807) is 12.1 Å². The van der Waals surface area contributed by atoms with Gasteiger partial charge in [-0.05, 0) is 40.7 Å². The van der Waals surface area contributed by atoms with Gasteiger partial charge in [-0.2, -0.15) is 0 Å². The largest absolute Gasteiger partial charge is 0.378 e. The fourth-order valence-corrected chi connectivity index (χ4v) is 3.22. The zero-order valence-corrected chi connectivity index (χ0v) is 15.4. The summed E-state index contributed by atoms with van der Waals surface area (Å²) in [5.74, 6) is 0. The minimum absolute atomic E-state index is 0.0224. The van der Waals surface area contributed by atoms with Crippen LogP contribution in [0, 0.1) is 10.1 Å². The standard InChI is InChI=1S/C17H16N6O4S/c24-23(25)12-3-1-2-11(10-12)18-17(28)19-13-4-5-14(16-15(13)20-27-21-16)22-6-8-26-9-7-22/h1-5,10H,6-9H2,(H2,18,19,28). The SMILES string of the molecule is O=[N+]([O-])c1cccc(NC(=S)Nc2ccc(N3CCOCC3)c3nonc23)c1. The fourth-order valence-electron chi connectivity index (χ4n) is 3.00. The number of hydrogen-bond donors (Lipinski definition) is 2. The molecule has 4 rings (SSSR count). The molecule has 0 bridgehead atoms. The van der Waals surface area contributed by atoms with Gasteiger partial charge in [0.05, 0.1) is 29.5 Å². The molecule has 2 aromatic carbocycles. The first-order valence-electron chi connectivity index (χ1n) is 8.52. The van der Waals surface area contributed by atoms with Crippen LogP contribution < -0.4 is 15.5 Å². The topological polar surface area (TPSA) is 119 Å². The third-order valence-corrected chi connectivity index (χ3v) is 4.51. The van der Waals surface area contributed by atoms with Crippen LogP contribution >= 0.6 is 12.2 Å². The summed E-state index contributed by atoms with van der Waals surface area (Å²) in [5, 5.41) is 25.2. The Hall–Kier alpha value is -3.31. The molecule has 11 heteroatoms. The van der Waals surface area contributed by atoms with Crippen LogP contribution in [0.1, 0.15) is 0 Å². The van der Waals surface area contributed by atoms with E-state index in [2.05, 4.69) is 25.8 Å². The number of benzene rings is 2. The van der Waals surface area contributed by atoms with Crippen LogP contribution in [0.4, 0.5) is 22.7 Å². The van der Waals surface area contributed by atoms with Crippen molar-refractivity contribution in [1.82, 2.24) is 10.3 Å². The van der Waals surface area contributed by atoms with E-state index in [1.165, 1.54) is 12.1 Å². The van der Waals surface area contributed by atoms with Crippen molar-refractivity contribution in [3.05, 3.63) is 46.5 Å². The van der Waals surface area contributed by atoms with E-state index in [1.807, 2.05) is 12.1 Å².